The van der Waals surface area contributed by atoms with Crippen molar-refractivity contribution in [3.63, 3.8) is 0 Å². The Labute approximate surface area is 243 Å². The van der Waals surface area contributed by atoms with Crippen molar-refractivity contribution in [1.29, 1.82) is 0 Å². The number of hydrogen-bond acceptors (Lipinski definition) is 4. The molecule has 0 aromatic heterocycles. The van der Waals surface area contributed by atoms with E-state index in [1.807, 2.05) is 66.7 Å². The fourth-order valence-electron chi connectivity index (χ4n) is 4.77. The first-order valence-electron chi connectivity index (χ1n) is 14.2. The van der Waals surface area contributed by atoms with Crippen molar-refractivity contribution < 1.29 is 14.2 Å². The zero-order valence-electron chi connectivity index (χ0n) is 23.3. The Morgan fingerprint density at radius 1 is 0.488 bits per heavy atom. The minimum absolute atomic E-state index is 0.186. The minimum Gasteiger partial charge on any atom is -0.489 e. The van der Waals surface area contributed by atoms with Gasteiger partial charge < -0.3 is 19.9 Å². The molecule has 5 aromatic carbocycles. The molecule has 2 N–H and O–H groups in total. The van der Waals surface area contributed by atoms with Gasteiger partial charge in [-0.15, -0.1) is 0 Å². The molecule has 1 atom stereocenters. The van der Waals surface area contributed by atoms with Crippen LogP contribution >= 0.6 is 0 Å². The second-order valence-corrected chi connectivity index (χ2v) is 10.1. The van der Waals surface area contributed by atoms with E-state index in [9.17, 15) is 0 Å². The first-order valence-corrected chi connectivity index (χ1v) is 14.2. The highest BCUT2D eigenvalue weighted by Crippen LogP contribution is 2.34. The van der Waals surface area contributed by atoms with Crippen molar-refractivity contribution in [3.8, 4) is 17.2 Å². The summed E-state index contributed by atoms with van der Waals surface area (Å²) < 4.78 is 18.6. The summed E-state index contributed by atoms with van der Waals surface area (Å²) in [5.74, 6) is 2.53. The SMILES string of the molecule is NCC(CCc1cccc(OCc2ccccc2)c1)c1ccc(OCc2ccccc2)c(OCc2ccccc2)c1. The summed E-state index contributed by atoms with van der Waals surface area (Å²) in [5.41, 5.74) is 12.1. The molecule has 0 fully saturated rings. The number of aryl methyl sites for hydroxylation is 1. The molecule has 0 aliphatic heterocycles. The molecular weight excluding hydrogens is 506 g/mol. The molecule has 0 aliphatic rings. The third kappa shape index (κ3) is 8.47. The monoisotopic (exact) mass is 543 g/mol. The summed E-state index contributed by atoms with van der Waals surface area (Å²) >= 11 is 0. The summed E-state index contributed by atoms with van der Waals surface area (Å²) in [7, 11) is 0. The summed E-state index contributed by atoms with van der Waals surface area (Å²) in [6.45, 7) is 2.05. The Hall–Kier alpha value is -4.54. The number of ether oxygens (including phenoxy) is 3. The van der Waals surface area contributed by atoms with E-state index >= 15 is 0 Å². The van der Waals surface area contributed by atoms with Gasteiger partial charge in [-0.1, -0.05) is 109 Å². The zero-order valence-corrected chi connectivity index (χ0v) is 23.3. The van der Waals surface area contributed by atoms with Crippen LogP contribution in [0.4, 0.5) is 0 Å². The van der Waals surface area contributed by atoms with Gasteiger partial charge in [0.25, 0.3) is 0 Å². The molecular formula is C37H37NO3. The Balaban J connectivity index is 1.26. The molecule has 0 saturated carbocycles. The van der Waals surface area contributed by atoms with Crippen LogP contribution in [0.1, 0.15) is 40.2 Å². The Kier molecular flexibility index (Phi) is 10.1. The Morgan fingerprint density at radius 2 is 1.02 bits per heavy atom. The van der Waals surface area contributed by atoms with Gasteiger partial charge in [0.05, 0.1) is 0 Å². The van der Waals surface area contributed by atoms with Crippen LogP contribution in [0, 0.1) is 0 Å². The van der Waals surface area contributed by atoms with Crippen molar-refractivity contribution in [2.75, 3.05) is 6.54 Å². The zero-order chi connectivity index (χ0) is 28.1. The average Bonchev–Trinajstić information content (AvgIpc) is 3.04. The quantitative estimate of drug-likeness (QED) is 0.154. The number of hydrogen-bond donors (Lipinski definition) is 1. The third-order valence-corrected chi connectivity index (χ3v) is 7.13. The summed E-state index contributed by atoms with van der Waals surface area (Å²) in [4.78, 5) is 0. The maximum Gasteiger partial charge on any atom is 0.161 e. The van der Waals surface area contributed by atoms with E-state index in [1.165, 1.54) is 5.56 Å². The molecule has 0 saturated heterocycles. The summed E-state index contributed by atoms with van der Waals surface area (Å²) in [6.07, 6.45) is 1.82. The molecule has 4 heteroatoms. The van der Waals surface area contributed by atoms with E-state index in [-0.39, 0.29) is 5.92 Å². The van der Waals surface area contributed by atoms with E-state index in [1.54, 1.807) is 0 Å². The van der Waals surface area contributed by atoms with Gasteiger partial charge in [0, 0.05) is 0 Å². The fourth-order valence-corrected chi connectivity index (χ4v) is 4.77. The van der Waals surface area contributed by atoms with E-state index < -0.39 is 0 Å². The van der Waals surface area contributed by atoms with Crippen LogP contribution in [-0.2, 0) is 26.2 Å². The molecule has 208 valence electrons. The third-order valence-electron chi connectivity index (χ3n) is 7.13. The van der Waals surface area contributed by atoms with Crippen LogP contribution in [0.5, 0.6) is 17.2 Å². The van der Waals surface area contributed by atoms with Gasteiger partial charge in [0.2, 0.25) is 0 Å². The van der Waals surface area contributed by atoms with Gasteiger partial charge in [-0.3, -0.25) is 0 Å². The number of rotatable bonds is 14. The fraction of sp³-hybridized carbons (Fsp3) is 0.189. The molecule has 0 heterocycles. The Bertz CT molecular complexity index is 1470. The lowest BCUT2D eigenvalue weighted by Crippen LogP contribution is -2.14. The second-order valence-electron chi connectivity index (χ2n) is 10.1. The predicted octanol–water partition coefficient (Wildman–Crippen LogP) is 8.10. The molecule has 0 spiro atoms. The minimum atomic E-state index is 0.186. The summed E-state index contributed by atoms with van der Waals surface area (Å²) in [5, 5.41) is 0. The predicted molar refractivity (Wildman–Crippen MR) is 165 cm³/mol. The van der Waals surface area contributed by atoms with Crippen LogP contribution in [-0.4, -0.2) is 6.54 Å². The molecule has 5 rings (SSSR count). The molecule has 4 nitrogen and oxygen atoms in total. The maximum absolute atomic E-state index is 6.31. The first-order chi connectivity index (χ1) is 20.3. The van der Waals surface area contributed by atoms with Crippen LogP contribution in [0.3, 0.4) is 0 Å². The lowest BCUT2D eigenvalue weighted by Gasteiger charge is -2.19. The van der Waals surface area contributed by atoms with Gasteiger partial charge in [0.1, 0.15) is 25.6 Å². The molecule has 0 radical (unpaired) electrons. The largest absolute Gasteiger partial charge is 0.489 e. The van der Waals surface area contributed by atoms with Crippen molar-refractivity contribution >= 4 is 0 Å². The Morgan fingerprint density at radius 3 is 1.61 bits per heavy atom. The van der Waals surface area contributed by atoms with Crippen molar-refractivity contribution in [2.45, 2.75) is 38.6 Å². The molecule has 41 heavy (non-hydrogen) atoms. The van der Waals surface area contributed by atoms with E-state index in [4.69, 9.17) is 19.9 Å². The van der Waals surface area contributed by atoms with Crippen LogP contribution in [0.2, 0.25) is 0 Å². The van der Waals surface area contributed by atoms with Crippen molar-refractivity contribution in [3.05, 3.63) is 161 Å². The number of benzene rings is 5. The van der Waals surface area contributed by atoms with E-state index in [0.29, 0.717) is 26.4 Å². The van der Waals surface area contributed by atoms with Gasteiger partial charge in [-0.05, 0) is 77.4 Å². The van der Waals surface area contributed by atoms with Crippen LogP contribution in [0.15, 0.2) is 133 Å². The first kappa shape index (κ1) is 28.0. The second kappa shape index (κ2) is 14.7. The highest BCUT2D eigenvalue weighted by atomic mass is 16.5. The molecule has 0 bridgehead atoms. The smallest absolute Gasteiger partial charge is 0.161 e. The average molecular weight is 544 g/mol. The lowest BCUT2D eigenvalue weighted by molar-refractivity contribution is 0.255. The van der Waals surface area contributed by atoms with Gasteiger partial charge in [-0.25, -0.2) is 0 Å². The lowest BCUT2D eigenvalue weighted by atomic mass is 9.92. The standard InChI is InChI=1S/C37H37NO3/c38-25-34(20-19-29-17-10-18-35(23-29)39-26-30-11-4-1-5-12-30)33-21-22-36(40-27-31-13-6-2-7-14-31)37(24-33)41-28-32-15-8-3-9-16-32/h1-18,21-24,34H,19-20,25-28,38H2. The maximum atomic E-state index is 6.31. The topological polar surface area (TPSA) is 53.7 Å². The molecule has 0 amide bonds. The van der Waals surface area contributed by atoms with Crippen molar-refractivity contribution in [1.82, 2.24) is 0 Å². The normalized spacial score (nSPS) is 11.5. The van der Waals surface area contributed by atoms with Gasteiger partial charge in [-0.2, -0.15) is 0 Å². The van der Waals surface area contributed by atoms with Crippen LogP contribution in [0.25, 0.3) is 0 Å². The molecule has 5 aromatic rings. The highest BCUT2D eigenvalue weighted by Gasteiger charge is 2.15. The van der Waals surface area contributed by atoms with Gasteiger partial charge in [0.15, 0.2) is 11.5 Å². The van der Waals surface area contributed by atoms with E-state index in [2.05, 4.69) is 66.7 Å². The summed E-state index contributed by atoms with van der Waals surface area (Å²) in [6, 6.07) is 45.2. The van der Waals surface area contributed by atoms with Crippen LogP contribution < -0.4 is 19.9 Å². The number of nitrogens with two attached hydrogens (primary N) is 1. The molecule has 1 unspecified atom stereocenters. The highest BCUT2D eigenvalue weighted by molar-refractivity contribution is 5.44. The van der Waals surface area contributed by atoms with E-state index in [0.717, 1.165) is 52.3 Å². The van der Waals surface area contributed by atoms with Gasteiger partial charge >= 0.3 is 0 Å². The molecule has 0 aliphatic carbocycles. The van der Waals surface area contributed by atoms with Crippen molar-refractivity contribution in [2.24, 2.45) is 5.73 Å².